The number of ether oxygens (including phenoxy) is 2. The lowest BCUT2D eigenvalue weighted by Crippen LogP contribution is -2.56. The number of sulfonamides is 1. The highest BCUT2D eigenvalue weighted by Gasteiger charge is 2.24. The summed E-state index contributed by atoms with van der Waals surface area (Å²) in [4.78, 5) is 0.249. The third kappa shape index (κ3) is 3.90. The lowest BCUT2D eigenvalue weighted by Gasteiger charge is -2.27. The monoisotopic (exact) mass is 286 g/mol. The van der Waals surface area contributed by atoms with E-state index in [0.717, 1.165) is 0 Å². The molecule has 2 N–H and O–H groups in total. The van der Waals surface area contributed by atoms with Gasteiger partial charge in [-0.3, -0.25) is 0 Å². The summed E-state index contributed by atoms with van der Waals surface area (Å²) in [5.74, 6) is 0.626. The molecule has 106 valence electrons. The molecule has 19 heavy (non-hydrogen) atoms. The predicted octanol–water partition coefficient (Wildman–Crippen LogP) is -0.0381. The molecule has 6 nitrogen and oxygen atoms in total. The summed E-state index contributed by atoms with van der Waals surface area (Å²) in [7, 11) is -1.84. The van der Waals surface area contributed by atoms with Crippen molar-refractivity contribution in [1.82, 2.24) is 10.0 Å². The molecule has 0 saturated carbocycles. The maximum Gasteiger partial charge on any atom is 0.240 e. The Hall–Kier alpha value is -1.15. The molecule has 1 saturated heterocycles. The van der Waals surface area contributed by atoms with Crippen LogP contribution in [0.25, 0.3) is 0 Å². The van der Waals surface area contributed by atoms with Crippen molar-refractivity contribution in [2.45, 2.75) is 10.9 Å². The van der Waals surface area contributed by atoms with Gasteiger partial charge in [-0.05, 0) is 24.3 Å². The number of methoxy groups -OCH3 is 1. The van der Waals surface area contributed by atoms with Gasteiger partial charge >= 0.3 is 0 Å². The predicted molar refractivity (Wildman–Crippen MR) is 70.8 cm³/mol. The Balaban J connectivity index is 1.96. The van der Waals surface area contributed by atoms with Crippen LogP contribution in [0.5, 0.6) is 5.75 Å². The van der Waals surface area contributed by atoms with Crippen molar-refractivity contribution in [3.8, 4) is 5.75 Å². The van der Waals surface area contributed by atoms with Crippen LogP contribution in [0.3, 0.4) is 0 Å². The lowest BCUT2D eigenvalue weighted by molar-refractivity contribution is 0.146. The summed E-state index contributed by atoms with van der Waals surface area (Å²) in [6.45, 7) is 2.29. The minimum atomic E-state index is -3.43. The SMILES string of the molecule is COCCOc1ccc(S(=O)(=O)NC2CNC2)cc1. The van der Waals surface area contributed by atoms with Gasteiger partial charge in [-0.2, -0.15) is 0 Å². The second-order valence-electron chi connectivity index (χ2n) is 4.29. The van der Waals surface area contributed by atoms with E-state index in [1.807, 2.05) is 0 Å². The fraction of sp³-hybridized carbons (Fsp3) is 0.500. The minimum Gasteiger partial charge on any atom is -0.491 e. The maximum absolute atomic E-state index is 12.0. The molecule has 1 heterocycles. The Morgan fingerprint density at radius 1 is 1.26 bits per heavy atom. The second kappa shape index (κ2) is 6.33. The van der Waals surface area contributed by atoms with Crippen LogP contribution < -0.4 is 14.8 Å². The van der Waals surface area contributed by atoms with Crippen LogP contribution in [-0.4, -0.2) is 47.9 Å². The molecule has 1 aliphatic heterocycles. The van der Waals surface area contributed by atoms with Gasteiger partial charge in [0.2, 0.25) is 10.0 Å². The smallest absolute Gasteiger partial charge is 0.240 e. The molecule has 0 unspecified atom stereocenters. The number of rotatable bonds is 7. The molecule has 0 aromatic heterocycles. The zero-order valence-electron chi connectivity index (χ0n) is 10.8. The first kappa shape index (κ1) is 14.3. The van der Waals surface area contributed by atoms with Gasteiger partial charge in [0.05, 0.1) is 11.5 Å². The van der Waals surface area contributed by atoms with Gasteiger partial charge in [-0.1, -0.05) is 0 Å². The van der Waals surface area contributed by atoms with E-state index in [0.29, 0.717) is 32.1 Å². The number of hydrogen-bond acceptors (Lipinski definition) is 5. The Bertz CT molecular complexity index is 497. The Morgan fingerprint density at radius 2 is 1.95 bits per heavy atom. The number of hydrogen-bond donors (Lipinski definition) is 2. The molecule has 0 aliphatic carbocycles. The fourth-order valence-electron chi connectivity index (χ4n) is 1.62. The summed E-state index contributed by atoms with van der Waals surface area (Å²) in [5, 5.41) is 3.01. The van der Waals surface area contributed by atoms with Gasteiger partial charge in [-0.25, -0.2) is 13.1 Å². The first-order valence-electron chi connectivity index (χ1n) is 6.06. The average Bonchev–Trinajstić information content (AvgIpc) is 2.35. The Kier molecular flexibility index (Phi) is 4.76. The molecular formula is C12H18N2O4S. The topological polar surface area (TPSA) is 76.7 Å². The molecule has 1 fully saturated rings. The highest BCUT2D eigenvalue weighted by atomic mass is 32.2. The van der Waals surface area contributed by atoms with Crippen molar-refractivity contribution in [2.75, 3.05) is 33.4 Å². The Labute approximate surface area is 113 Å². The summed E-state index contributed by atoms with van der Waals surface area (Å²) in [6, 6.07) is 6.35. The lowest BCUT2D eigenvalue weighted by atomic mass is 10.2. The molecule has 1 aromatic carbocycles. The van der Waals surface area contributed by atoms with Crippen molar-refractivity contribution in [3.05, 3.63) is 24.3 Å². The molecular weight excluding hydrogens is 268 g/mol. The van der Waals surface area contributed by atoms with Gasteiger partial charge in [0.25, 0.3) is 0 Å². The second-order valence-corrected chi connectivity index (χ2v) is 6.00. The first-order chi connectivity index (χ1) is 9.12. The highest BCUT2D eigenvalue weighted by Crippen LogP contribution is 2.16. The molecule has 0 spiro atoms. The molecule has 0 radical (unpaired) electrons. The van der Waals surface area contributed by atoms with Crippen LogP contribution in [0.4, 0.5) is 0 Å². The number of benzene rings is 1. The van der Waals surface area contributed by atoms with E-state index in [4.69, 9.17) is 9.47 Å². The van der Waals surface area contributed by atoms with Crippen LogP contribution in [0.1, 0.15) is 0 Å². The molecule has 1 aliphatic rings. The molecule has 1 aromatic rings. The zero-order chi connectivity index (χ0) is 13.7. The fourth-order valence-corrected chi connectivity index (χ4v) is 2.85. The molecule has 0 atom stereocenters. The van der Waals surface area contributed by atoms with Crippen molar-refractivity contribution in [1.29, 1.82) is 0 Å². The maximum atomic E-state index is 12.0. The average molecular weight is 286 g/mol. The van der Waals surface area contributed by atoms with E-state index in [9.17, 15) is 8.42 Å². The van der Waals surface area contributed by atoms with Crippen LogP contribution in [0, 0.1) is 0 Å². The van der Waals surface area contributed by atoms with E-state index in [1.165, 1.54) is 12.1 Å². The standard InChI is InChI=1S/C12H18N2O4S/c1-17-6-7-18-11-2-4-12(5-3-11)19(15,16)14-10-8-13-9-10/h2-5,10,13-14H,6-9H2,1H3. The van der Waals surface area contributed by atoms with E-state index in [1.54, 1.807) is 19.2 Å². The van der Waals surface area contributed by atoms with Crippen LogP contribution in [-0.2, 0) is 14.8 Å². The van der Waals surface area contributed by atoms with Crippen molar-refractivity contribution < 1.29 is 17.9 Å². The summed E-state index contributed by atoms with van der Waals surface area (Å²) in [6.07, 6.45) is 0. The van der Waals surface area contributed by atoms with Gasteiger partial charge in [0, 0.05) is 26.2 Å². The summed E-state index contributed by atoms with van der Waals surface area (Å²) < 4.78 is 36.9. The molecule has 0 amide bonds. The van der Waals surface area contributed by atoms with Crippen LogP contribution >= 0.6 is 0 Å². The summed E-state index contributed by atoms with van der Waals surface area (Å²) in [5.41, 5.74) is 0. The van der Waals surface area contributed by atoms with Crippen molar-refractivity contribution in [2.24, 2.45) is 0 Å². The number of nitrogens with one attached hydrogen (secondary N) is 2. The van der Waals surface area contributed by atoms with E-state index in [2.05, 4.69) is 10.0 Å². The van der Waals surface area contributed by atoms with E-state index in [-0.39, 0.29) is 10.9 Å². The third-order valence-electron chi connectivity index (χ3n) is 2.79. The van der Waals surface area contributed by atoms with Gasteiger partial charge in [-0.15, -0.1) is 0 Å². The normalized spacial score (nSPS) is 16.1. The van der Waals surface area contributed by atoms with E-state index < -0.39 is 10.0 Å². The van der Waals surface area contributed by atoms with Crippen LogP contribution in [0.2, 0.25) is 0 Å². The molecule has 0 bridgehead atoms. The summed E-state index contributed by atoms with van der Waals surface area (Å²) >= 11 is 0. The van der Waals surface area contributed by atoms with Gasteiger partial charge in [0.15, 0.2) is 0 Å². The van der Waals surface area contributed by atoms with Crippen molar-refractivity contribution in [3.63, 3.8) is 0 Å². The highest BCUT2D eigenvalue weighted by molar-refractivity contribution is 7.89. The zero-order valence-corrected chi connectivity index (χ0v) is 11.6. The third-order valence-corrected chi connectivity index (χ3v) is 4.33. The van der Waals surface area contributed by atoms with Gasteiger partial charge in [0.1, 0.15) is 12.4 Å². The first-order valence-corrected chi connectivity index (χ1v) is 7.55. The Morgan fingerprint density at radius 3 is 2.47 bits per heavy atom. The van der Waals surface area contributed by atoms with Crippen molar-refractivity contribution >= 4 is 10.0 Å². The van der Waals surface area contributed by atoms with Gasteiger partial charge < -0.3 is 14.8 Å². The molecule has 7 heteroatoms. The minimum absolute atomic E-state index is 0.0115. The molecule has 2 rings (SSSR count). The quantitative estimate of drug-likeness (QED) is 0.688. The van der Waals surface area contributed by atoms with Crippen LogP contribution in [0.15, 0.2) is 29.2 Å². The van der Waals surface area contributed by atoms with E-state index >= 15 is 0 Å². The largest absolute Gasteiger partial charge is 0.491 e.